The normalized spacial score (nSPS) is 15.5. The van der Waals surface area contributed by atoms with Gasteiger partial charge in [-0.3, -0.25) is 4.79 Å². The predicted octanol–water partition coefficient (Wildman–Crippen LogP) is 1.56. The lowest BCUT2D eigenvalue weighted by Crippen LogP contribution is -2.32. The van der Waals surface area contributed by atoms with Crippen molar-refractivity contribution in [3.05, 3.63) is 0 Å². The first-order valence-electron chi connectivity index (χ1n) is 4.87. The molecule has 0 aromatic rings. The summed E-state index contributed by atoms with van der Waals surface area (Å²) in [5.41, 5.74) is 5.57. The van der Waals surface area contributed by atoms with Gasteiger partial charge in [0.05, 0.1) is 12.5 Å². The van der Waals surface area contributed by atoms with Gasteiger partial charge in [-0.2, -0.15) is 0 Å². The SMILES string of the molecule is CC(C)CCOC(=O)C(C)C(C)N. The molecule has 2 unspecified atom stereocenters. The molecule has 0 radical (unpaired) electrons. The Bertz CT molecular complexity index is 155. The van der Waals surface area contributed by atoms with Gasteiger partial charge in [0.15, 0.2) is 0 Å². The third-order valence-corrected chi connectivity index (χ3v) is 2.10. The van der Waals surface area contributed by atoms with Crippen LogP contribution in [0, 0.1) is 11.8 Å². The van der Waals surface area contributed by atoms with Crippen LogP contribution in [-0.2, 0) is 9.53 Å². The van der Waals surface area contributed by atoms with Crippen LogP contribution in [0.2, 0.25) is 0 Å². The zero-order valence-electron chi connectivity index (χ0n) is 9.04. The minimum absolute atomic E-state index is 0.133. The van der Waals surface area contributed by atoms with E-state index in [4.69, 9.17) is 10.5 Å². The molecule has 0 saturated heterocycles. The molecule has 0 fully saturated rings. The smallest absolute Gasteiger partial charge is 0.310 e. The topological polar surface area (TPSA) is 52.3 Å². The molecule has 3 nitrogen and oxygen atoms in total. The van der Waals surface area contributed by atoms with Gasteiger partial charge in [-0.05, 0) is 19.3 Å². The van der Waals surface area contributed by atoms with E-state index in [1.54, 1.807) is 6.92 Å². The number of carbonyl (C=O) groups excluding carboxylic acids is 1. The highest BCUT2D eigenvalue weighted by molar-refractivity contribution is 5.72. The maximum atomic E-state index is 11.3. The van der Waals surface area contributed by atoms with Crippen LogP contribution in [-0.4, -0.2) is 18.6 Å². The lowest BCUT2D eigenvalue weighted by Gasteiger charge is -2.14. The summed E-state index contributed by atoms with van der Waals surface area (Å²) in [6.45, 7) is 8.32. The van der Waals surface area contributed by atoms with Gasteiger partial charge in [-0.25, -0.2) is 0 Å². The van der Waals surface area contributed by atoms with Gasteiger partial charge < -0.3 is 10.5 Å². The van der Waals surface area contributed by atoms with E-state index in [2.05, 4.69) is 13.8 Å². The Morgan fingerprint density at radius 3 is 2.23 bits per heavy atom. The maximum Gasteiger partial charge on any atom is 0.310 e. The van der Waals surface area contributed by atoms with E-state index in [0.29, 0.717) is 12.5 Å². The Morgan fingerprint density at radius 2 is 1.85 bits per heavy atom. The number of rotatable bonds is 5. The van der Waals surface area contributed by atoms with Crippen LogP contribution < -0.4 is 5.73 Å². The average Bonchev–Trinajstić information content (AvgIpc) is 2.02. The summed E-state index contributed by atoms with van der Waals surface area (Å²) < 4.78 is 5.06. The van der Waals surface area contributed by atoms with E-state index in [-0.39, 0.29) is 17.9 Å². The first-order valence-corrected chi connectivity index (χ1v) is 4.87. The second kappa shape index (κ2) is 5.97. The van der Waals surface area contributed by atoms with Gasteiger partial charge in [0.25, 0.3) is 0 Å². The Labute approximate surface area is 80.6 Å². The second-order valence-electron chi connectivity index (χ2n) is 4.00. The molecule has 3 heteroatoms. The summed E-state index contributed by atoms with van der Waals surface area (Å²) in [6.07, 6.45) is 0.914. The highest BCUT2D eigenvalue weighted by atomic mass is 16.5. The quantitative estimate of drug-likeness (QED) is 0.664. The van der Waals surface area contributed by atoms with Crippen molar-refractivity contribution in [3.63, 3.8) is 0 Å². The molecule has 0 aliphatic rings. The molecule has 0 aromatic carbocycles. The largest absolute Gasteiger partial charge is 0.465 e. The van der Waals surface area contributed by atoms with E-state index >= 15 is 0 Å². The standard InChI is InChI=1S/C10H21NO2/c1-7(2)5-6-13-10(12)8(3)9(4)11/h7-9H,5-6,11H2,1-4H3. The van der Waals surface area contributed by atoms with Crippen molar-refractivity contribution < 1.29 is 9.53 Å². The molecule has 0 saturated carbocycles. The van der Waals surface area contributed by atoms with Crippen LogP contribution >= 0.6 is 0 Å². The van der Waals surface area contributed by atoms with Crippen molar-refractivity contribution >= 4 is 5.97 Å². The number of hydrogen-bond donors (Lipinski definition) is 1. The molecule has 78 valence electrons. The van der Waals surface area contributed by atoms with Gasteiger partial charge in [0.1, 0.15) is 0 Å². The van der Waals surface area contributed by atoms with E-state index in [0.717, 1.165) is 6.42 Å². The van der Waals surface area contributed by atoms with Crippen molar-refractivity contribution in [2.45, 2.75) is 40.2 Å². The van der Waals surface area contributed by atoms with Crippen LogP contribution in [0.4, 0.5) is 0 Å². The average molecular weight is 187 g/mol. The van der Waals surface area contributed by atoms with Gasteiger partial charge in [-0.15, -0.1) is 0 Å². The summed E-state index contributed by atoms with van der Waals surface area (Å²) in [5, 5.41) is 0. The zero-order valence-corrected chi connectivity index (χ0v) is 9.04. The van der Waals surface area contributed by atoms with E-state index in [9.17, 15) is 4.79 Å². The number of esters is 1. The Balaban J connectivity index is 3.62. The Morgan fingerprint density at radius 1 is 1.31 bits per heavy atom. The molecular weight excluding hydrogens is 166 g/mol. The van der Waals surface area contributed by atoms with Crippen LogP contribution in [0.5, 0.6) is 0 Å². The van der Waals surface area contributed by atoms with Crippen molar-refractivity contribution in [1.29, 1.82) is 0 Å². The molecule has 2 atom stereocenters. The van der Waals surface area contributed by atoms with Crippen LogP contribution in [0.25, 0.3) is 0 Å². The molecule has 0 bridgehead atoms. The predicted molar refractivity (Wildman–Crippen MR) is 53.2 cm³/mol. The fraction of sp³-hybridized carbons (Fsp3) is 0.900. The minimum Gasteiger partial charge on any atom is -0.465 e. The number of carbonyl (C=O) groups is 1. The summed E-state index contributed by atoms with van der Waals surface area (Å²) >= 11 is 0. The number of nitrogens with two attached hydrogens (primary N) is 1. The molecule has 0 amide bonds. The molecule has 0 heterocycles. The maximum absolute atomic E-state index is 11.3. The van der Waals surface area contributed by atoms with Crippen LogP contribution in [0.3, 0.4) is 0 Å². The van der Waals surface area contributed by atoms with Gasteiger partial charge in [-0.1, -0.05) is 20.8 Å². The van der Waals surface area contributed by atoms with E-state index in [1.807, 2.05) is 6.92 Å². The molecule has 0 aliphatic carbocycles. The number of ether oxygens (including phenoxy) is 1. The van der Waals surface area contributed by atoms with Gasteiger partial charge >= 0.3 is 5.97 Å². The minimum atomic E-state index is -0.202. The molecule has 0 rings (SSSR count). The molecule has 0 aromatic heterocycles. The molecular formula is C10H21NO2. The zero-order chi connectivity index (χ0) is 10.4. The van der Waals surface area contributed by atoms with Crippen molar-refractivity contribution in [2.75, 3.05) is 6.61 Å². The fourth-order valence-electron chi connectivity index (χ4n) is 0.741. The molecule has 0 spiro atoms. The van der Waals surface area contributed by atoms with E-state index < -0.39 is 0 Å². The van der Waals surface area contributed by atoms with Gasteiger partial charge in [0.2, 0.25) is 0 Å². The number of hydrogen-bond acceptors (Lipinski definition) is 3. The van der Waals surface area contributed by atoms with Gasteiger partial charge in [0, 0.05) is 6.04 Å². The Kier molecular flexibility index (Phi) is 5.71. The third kappa shape index (κ3) is 5.64. The van der Waals surface area contributed by atoms with Crippen molar-refractivity contribution in [1.82, 2.24) is 0 Å². The van der Waals surface area contributed by atoms with Crippen LogP contribution in [0.1, 0.15) is 34.1 Å². The Hall–Kier alpha value is -0.570. The van der Waals surface area contributed by atoms with Crippen molar-refractivity contribution in [2.24, 2.45) is 17.6 Å². The summed E-state index contributed by atoms with van der Waals surface area (Å²) in [6, 6.07) is -0.133. The monoisotopic (exact) mass is 187 g/mol. The lowest BCUT2D eigenvalue weighted by molar-refractivity contribution is -0.148. The summed E-state index contributed by atoms with van der Waals surface area (Å²) in [4.78, 5) is 11.3. The molecule has 0 aliphatic heterocycles. The highest BCUT2D eigenvalue weighted by Gasteiger charge is 2.18. The highest BCUT2D eigenvalue weighted by Crippen LogP contribution is 2.05. The first kappa shape index (κ1) is 12.4. The fourth-order valence-corrected chi connectivity index (χ4v) is 0.741. The molecule has 2 N–H and O–H groups in total. The lowest BCUT2D eigenvalue weighted by atomic mass is 10.1. The molecule has 13 heavy (non-hydrogen) atoms. The first-order chi connectivity index (χ1) is 5.95. The summed E-state index contributed by atoms with van der Waals surface area (Å²) in [7, 11) is 0. The van der Waals surface area contributed by atoms with Crippen LogP contribution in [0.15, 0.2) is 0 Å². The van der Waals surface area contributed by atoms with Crippen molar-refractivity contribution in [3.8, 4) is 0 Å². The second-order valence-corrected chi connectivity index (χ2v) is 4.00. The summed E-state index contributed by atoms with van der Waals surface area (Å²) in [5.74, 6) is 0.182. The third-order valence-electron chi connectivity index (χ3n) is 2.10. The van der Waals surface area contributed by atoms with E-state index in [1.165, 1.54) is 0 Å².